The monoisotopic (exact) mass is 565 g/mol. The molecule has 3 aromatic carbocycles. The lowest BCUT2D eigenvalue weighted by Gasteiger charge is -2.33. The van der Waals surface area contributed by atoms with Crippen LogP contribution in [0.15, 0.2) is 83.8 Å². The number of nitrogens with zero attached hydrogens (tertiary/aromatic N) is 2. The van der Waals surface area contributed by atoms with Gasteiger partial charge in [0.1, 0.15) is 18.3 Å². The number of hydrogen-bond acceptors (Lipinski definition) is 5. The number of unbranched alkanes of at least 4 members (excludes halogenated alkanes) is 1. The van der Waals surface area contributed by atoms with Gasteiger partial charge in [-0.05, 0) is 61.2 Å². The van der Waals surface area contributed by atoms with E-state index in [1.807, 2.05) is 38.1 Å². The summed E-state index contributed by atoms with van der Waals surface area (Å²) >= 11 is 0. The fourth-order valence-corrected chi connectivity index (χ4v) is 5.97. The third-order valence-corrected chi connectivity index (χ3v) is 8.47. The highest BCUT2D eigenvalue weighted by atomic mass is 32.2. The van der Waals surface area contributed by atoms with E-state index in [0.717, 1.165) is 22.7 Å². The zero-order chi connectivity index (χ0) is 29.1. The third-order valence-electron chi connectivity index (χ3n) is 6.70. The molecule has 0 fully saturated rings. The molecule has 214 valence electrons. The van der Waals surface area contributed by atoms with Gasteiger partial charge in [-0.25, -0.2) is 8.42 Å². The molecule has 1 N–H and O–H groups in total. The minimum atomic E-state index is -4.09. The lowest BCUT2D eigenvalue weighted by Crippen LogP contribution is -2.52. The summed E-state index contributed by atoms with van der Waals surface area (Å²) in [5.41, 5.74) is 1.88. The minimum absolute atomic E-state index is 0.0785. The molecule has 2 amide bonds. The van der Waals surface area contributed by atoms with E-state index in [-0.39, 0.29) is 17.3 Å². The predicted molar refractivity (Wildman–Crippen MR) is 158 cm³/mol. The molecule has 0 bridgehead atoms. The Morgan fingerprint density at radius 2 is 1.65 bits per heavy atom. The molecule has 40 heavy (non-hydrogen) atoms. The maximum absolute atomic E-state index is 14.1. The smallest absolute Gasteiger partial charge is 0.264 e. The van der Waals surface area contributed by atoms with Gasteiger partial charge >= 0.3 is 0 Å². The number of anilines is 1. The van der Waals surface area contributed by atoms with Crippen LogP contribution in [0.25, 0.3) is 0 Å². The number of carbonyl (C=O) groups excluding carboxylic acids is 2. The highest BCUT2D eigenvalue weighted by molar-refractivity contribution is 7.92. The maximum Gasteiger partial charge on any atom is 0.264 e. The molecule has 0 saturated heterocycles. The van der Waals surface area contributed by atoms with Crippen molar-refractivity contribution in [3.05, 3.63) is 90.0 Å². The predicted octanol–water partition coefficient (Wildman–Crippen LogP) is 4.92. The molecule has 0 aliphatic carbocycles. The summed E-state index contributed by atoms with van der Waals surface area (Å²) in [7, 11) is -2.53. The van der Waals surface area contributed by atoms with Crippen molar-refractivity contribution in [2.24, 2.45) is 0 Å². The number of hydrogen-bond donors (Lipinski definition) is 1. The third kappa shape index (κ3) is 7.63. The first-order valence-corrected chi connectivity index (χ1v) is 15.0. The second kappa shape index (κ2) is 14.5. The molecule has 1 unspecified atom stereocenters. The average Bonchev–Trinajstić information content (AvgIpc) is 2.96. The van der Waals surface area contributed by atoms with Crippen LogP contribution < -0.4 is 14.4 Å². The molecule has 9 heteroatoms. The lowest BCUT2D eigenvalue weighted by atomic mass is 10.1. The Morgan fingerprint density at radius 3 is 2.30 bits per heavy atom. The number of ether oxygens (including phenoxy) is 1. The molecule has 3 rings (SSSR count). The summed E-state index contributed by atoms with van der Waals surface area (Å²) in [6.07, 6.45) is 2.11. The summed E-state index contributed by atoms with van der Waals surface area (Å²) in [5.74, 6) is -0.123. The van der Waals surface area contributed by atoms with Crippen LogP contribution in [0.1, 0.15) is 44.2 Å². The van der Waals surface area contributed by atoms with Crippen LogP contribution in [0.3, 0.4) is 0 Å². The first-order chi connectivity index (χ1) is 19.2. The fourth-order valence-electron chi connectivity index (χ4n) is 4.47. The van der Waals surface area contributed by atoms with Crippen LogP contribution >= 0.6 is 0 Å². The number of amides is 2. The normalized spacial score (nSPS) is 11.9. The van der Waals surface area contributed by atoms with E-state index >= 15 is 0 Å². The van der Waals surface area contributed by atoms with Crippen LogP contribution in [0.4, 0.5) is 5.69 Å². The van der Waals surface area contributed by atoms with Crippen LogP contribution in [0.2, 0.25) is 0 Å². The number of nitrogens with one attached hydrogen (secondary N) is 1. The molecule has 8 nitrogen and oxygen atoms in total. The van der Waals surface area contributed by atoms with Gasteiger partial charge in [-0.3, -0.25) is 13.9 Å². The Balaban J connectivity index is 2.04. The van der Waals surface area contributed by atoms with Crippen LogP contribution in [0.5, 0.6) is 5.75 Å². The second-order valence-corrected chi connectivity index (χ2v) is 11.4. The van der Waals surface area contributed by atoms with Crippen molar-refractivity contribution in [1.29, 1.82) is 0 Å². The standard InChI is InChI=1S/C31H39N3O5S/c1-5-7-20-32-31(36)28(6-2)33(22-25-15-13-16-26(21-25)39-4)30(35)23-34(29-19-12-11-14-24(29)3)40(37,38)27-17-9-8-10-18-27/h8-19,21,28H,5-7,20,22-23H2,1-4H3,(H,32,36). The van der Waals surface area contributed by atoms with Gasteiger partial charge in [-0.15, -0.1) is 0 Å². The van der Waals surface area contributed by atoms with E-state index in [1.165, 1.54) is 17.0 Å². The van der Waals surface area contributed by atoms with Crippen molar-refractivity contribution in [2.75, 3.05) is 24.5 Å². The second-order valence-electron chi connectivity index (χ2n) is 9.55. The molecule has 0 heterocycles. The summed E-state index contributed by atoms with van der Waals surface area (Å²) < 4.78 is 34.3. The summed E-state index contributed by atoms with van der Waals surface area (Å²) in [4.78, 5) is 28.9. The number of rotatable bonds is 14. The van der Waals surface area contributed by atoms with E-state index in [0.29, 0.717) is 30.0 Å². The Bertz CT molecular complexity index is 1380. The molecular formula is C31H39N3O5S. The maximum atomic E-state index is 14.1. The molecule has 0 aromatic heterocycles. The van der Waals surface area contributed by atoms with Gasteiger partial charge in [0, 0.05) is 13.1 Å². The van der Waals surface area contributed by atoms with Crippen molar-refractivity contribution in [3.8, 4) is 5.75 Å². The SMILES string of the molecule is CCCCNC(=O)C(CC)N(Cc1cccc(OC)c1)C(=O)CN(c1ccccc1C)S(=O)(=O)c1ccccc1. The molecule has 0 radical (unpaired) electrons. The Kier molecular flexibility index (Phi) is 11.1. The van der Waals surface area contributed by atoms with Gasteiger partial charge in [0.2, 0.25) is 11.8 Å². The number of aryl methyl sites for hydroxylation is 1. The van der Waals surface area contributed by atoms with Gasteiger partial charge in [-0.2, -0.15) is 0 Å². The molecule has 1 atom stereocenters. The van der Waals surface area contributed by atoms with E-state index in [9.17, 15) is 18.0 Å². The fraction of sp³-hybridized carbons (Fsp3) is 0.355. The van der Waals surface area contributed by atoms with Crippen LogP contribution in [-0.4, -0.2) is 51.4 Å². The van der Waals surface area contributed by atoms with Crippen LogP contribution in [-0.2, 0) is 26.2 Å². The van der Waals surface area contributed by atoms with Crippen LogP contribution in [0, 0.1) is 6.92 Å². The number of methoxy groups -OCH3 is 1. The van der Waals surface area contributed by atoms with Crippen molar-refractivity contribution < 1.29 is 22.7 Å². The van der Waals surface area contributed by atoms with Gasteiger partial charge in [0.15, 0.2) is 0 Å². The zero-order valence-electron chi connectivity index (χ0n) is 23.7. The first-order valence-electron chi connectivity index (χ1n) is 13.6. The number of para-hydroxylation sites is 1. The summed E-state index contributed by atoms with van der Waals surface area (Å²) in [6, 6.07) is 21.6. The van der Waals surface area contributed by atoms with Gasteiger partial charge in [0.05, 0.1) is 17.7 Å². The van der Waals surface area contributed by atoms with Gasteiger partial charge in [-0.1, -0.05) is 68.8 Å². The Labute approximate surface area is 238 Å². The van der Waals surface area contributed by atoms with Crippen molar-refractivity contribution in [3.63, 3.8) is 0 Å². The first kappa shape index (κ1) is 30.7. The number of benzene rings is 3. The largest absolute Gasteiger partial charge is 0.497 e. The average molecular weight is 566 g/mol. The molecular weight excluding hydrogens is 526 g/mol. The molecule has 0 aliphatic heterocycles. The van der Waals surface area contributed by atoms with Gasteiger partial charge < -0.3 is 15.0 Å². The summed E-state index contributed by atoms with van der Waals surface area (Å²) in [5, 5.41) is 2.94. The number of sulfonamides is 1. The van der Waals surface area contributed by atoms with E-state index in [1.54, 1.807) is 56.5 Å². The zero-order valence-corrected chi connectivity index (χ0v) is 24.5. The number of carbonyl (C=O) groups is 2. The van der Waals surface area contributed by atoms with Crippen molar-refractivity contribution in [2.45, 2.75) is 57.5 Å². The molecule has 0 aliphatic rings. The van der Waals surface area contributed by atoms with Gasteiger partial charge in [0.25, 0.3) is 10.0 Å². The Morgan fingerprint density at radius 1 is 0.950 bits per heavy atom. The topological polar surface area (TPSA) is 96.0 Å². The van der Waals surface area contributed by atoms with E-state index in [4.69, 9.17) is 4.74 Å². The van der Waals surface area contributed by atoms with Crippen molar-refractivity contribution >= 4 is 27.5 Å². The Hall–Kier alpha value is -3.85. The summed E-state index contributed by atoms with van der Waals surface area (Å²) in [6.45, 7) is 5.83. The van der Waals surface area contributed by atoms with Crippen molar-refractivity contribution in [1.82, 2.24) is 10.2 Å². The molecule has 3 aromatic rings. The lowest BCUT2D eigenvalue weighted by molar-refractivity contribution is -0.140. The molecule has 0 saturated carbocycles. The highest BCUT2D eigenvalue weighted by Crippen LogP contribution is 2.27. The minimum Gasteiger partial charge on any atom is -0.497 e. The quantitative estimate of drug-likeness (QED) is 0.280. The van der Waals surface area contributed by atoms with E-state index in [2.05, 4.69) is 5.32 Å². The molecule has 0 spiro atoms. The van der Waals surface area contributed by atoms with E-state index < -0.39 is 28.5 Å². The highest BCUT2D eigenvalue weighted by Gasteiger charge is 2.34.